The van der Waals surface area contributed by atoms with Crippen LogP contribution in [0.4, 0.5) is 4.79 Å². The molecular weight excluding hydrogens is 266 g/mol. The van der Waals surface area contributed by atoms with Gasteiger partial charge in [-0.05, 0) is 45.6 Å². The third kappa shape index (κ3) is 4.62. The van der Waals surface area contributed by atoms with Gasteiger partial charge in [0.1, 0.15) is 6.10 Å². The third-order valence-corrected chi connectivity index (χ3v) is 3.98. The van der Waals surface area contributed by atoms with Crippen LogP contribution in [0.5, 0.6) is 5.88 Å². The highest BCUT2D eigenvalue weighted by molar-refractivity contribution is 5.74. The van der Waals surface area contributed by atoms with Crippen LogP contribution in [0.25, 0.3) is 0 Å². The van der Waals surface area contributed by atoms with Crippen LogP contribution in [-0.4, -0.2) is 41.2 Å². The topological polar surface area (TPSA) is 54.5 Å². The molecule has 1 aromatic rings. The maximum absolute atomic E-state index is 12.0. The maximum Gasteiger partial charge on any atom is 0.317 e. The Morgan fingerprint density at radius 1 is 1.29 bits per heavy atom. The predicted molar refractivity (Wildman–Crippen MR) is 82.4 cm³/mol. The van der Waals surface area contributed by atoms with Crippen molar-refractivity contribution in [1.29, 1.82) is 0 Å². The fourth-order valence-electron chi connectivity index (χ4n) is 2.69. The van der Waals surface area contributed by atoms with E-state index in [9.17, 15) is 4.79 Å². The van der Waals surface area contributed by atoms with E-state index in [2.05, 4.69) is 10.3 Å². The second-order valence-corrected chi connectivity index (χ2v) is 5.38. The van der Waals surface area contributed by atoms with Gasteiger partial charge in [0.2, 0.25) is 5.88 Å². The molecule has 2 rings (SSSR count). The summed E-state index contributed by atoms with van der Waals surface area (Å²) >= 11 is 0. The molecule has 0 aromatic carbocycles. The molecule has 1 heterocycles. The van der Waals surface area contributed by atoms with Gasteiger partial charge in [0.15, 0.2) is 0 Å². The molecule has 1 fully saturated rings. The lowest BCUT2D eigenvalue weighted by Gasteiger charge is -2.31. The van der Waals surface area contributed by atoms with Gasteiger partial charge < -0.3 is 15.0 Å². The number of amides is 2. The molecule has 0 atom stereocenters. The van der Waals surface area contributed by atoms with Crippen molar-refractivity contribution >= 4 is 6.03 Å². The lowest BCUT2D eigenvalue weighted by molar-refractivity contribution is 0.131. The molecule has 1 aliphatic rings. The van der Waals surface area contributed by atoms with Gasteiger partial charge in [-0.2, -0.15) is 0 Å². The Morgan fingerprint density at radius 2 is 2.00 bits per heavy atom. The smallest absolute Gasteiger partial charge is 0.317 e. The molecule has 1 aliphatic carbocycles. The van der Waals surface area contributed by atoms with Gasteiger partial charge in [-0.1, -0.05) is 6.07 Å². The average molecular weight is 291 g/mol. The van der Waals surface area contributed by atoms with Crippen molar-refractivity contribution < 1.29 is 9.53 Å². The summed E-state index contributed by atoms with van der Waals surface area (Å²) in [5, 5.41) is 3.12. The summed E-state index contributed by atoms with van der Waals surface area (Å²) < 4.78 is 5.86. The Balaban J connectivity index is 1.74. The van der Waals surface area contributed by atoms with Gasteiger partial charge in [0.05, 0.1) is 0 Å². The summed E-state index contributed by atoms with van der Waals surface area (Å²) in [4.78, 5) is 18.0. The number of carbonyl (C=O) groups is 1. The van der Waals surface area contributed by atoms with Crippen LogP contribution in [0.2, 0.25) is 0 Å². The highest BCUT2D eigenvalue weighted by Gasteiger charge is 2.24. The fraction of sp³-hybridized carbons (Fsp3) is 0.625. The lowest BCUT2D eigenvalue weighted by atomic mass is 9.93. The number of hydrogen-bond acceptors (Lipinski definition) is 3. The Labute approximate surface area is 126 Å². The Morgan fingerprint density at radius 3 is 2.57 bits per heavy atom. The van der Waals surface area contributed by atoms with Crippen LogP contribution in [0.15, 0.2) is 24.4 Å². The third-order valence-electron chi connectivity index (χ3n) is 3.98. The van der Waals surface area contributed by atoms with E-state index < -0.39 is 0 Å². The molecule has 5 heteroatoms. The van der Waals surface area contributed by atoms with Crippen LogP contribution in [-0.2, 0) is 0 Å². The highest BCUT2D eigenvalue weighted by Crippen LogP contribution is 2.22. The van der Waals surface area contributed by atoms with E-state index in [1.807, 2.05) is 36.9 Å². The van der Waals surface area contributed by atoms with E-state index in [4.69, 9.17) is 4.74 Å². The van der Waals surface area contributed by atoms with Crippen LogP contribution in [0, 0.1) is 0 Å². The van der Waals surface area contributed by atoms with Crippen molar-refractivity contribution in [2.24, 2.45) is 0 Å². The minimum absolute atomic E-state index is 0.0501. The summed E-state index contributed by atoms with van der Waals surface area (Å²) in [6, 6.07) is 6.01. The molecule has 1 N–H and O–H groups in total. The molecule has 21 heavy (non-hydrogen) atoms. The van der Waals surface area contributed by atoms with Gasteiger partial charge in [-0.15, -0.1) is 0 Å². The molecule has 0 radical (unpaired) electrons. The monoisotopic (exact) mass is 291 g/mol. The van der Waals surface area contributed by atoms with Crippen molar-refractivity contribution in [2.75, 3.05) is 13.1 Å². The Kier molecular flexibility index (Phi) is 5.84. The minimum Gasteiger partial charge on any atom is -0.474 e. The average Bonchev–Trinajstić information content (AvgIpc) is 2.51. The molecular formula is C16H25N3O2. The first kappa shape index (κ1) is 15.6. The molecule has 0 aliphatic heterocycles. The van der Waals surface area contributed by atoms with E-state index in [0.29, 0.717) is 5.88 Å². The van der Waals surface area contributed by atoms with E-state index in [0.717, 1.165) is 38.8 Å². The van der Waals surface area contributed by atoms with Gasteiger partial charge >= 0.3 is 6.03 Å². The van der Waals surface area contributed by atoms with Crippen LogP contribution < -0.4 is 10.1 Å². The molecule has 0 saturated heterocycles. The fourth-order valence-corrected chi connectivity index (χ4v) is 2.69. The Bertz CT molecular complexity index is 426. The maximum atomic E-state index is 12.0. The van der Waals surface area contributed by atoms with Gasteiger partial charge in [0.25, 0.3) is 0 Å². The standard InChI is InChI=1S/C16H25N3O2/c1-3-19(4-2)16(20)18-13-8-10-14(11-9-13)21-15-7-5-6-12-17-15/h5-7,12-14H,3-4,8-11H2,1-2H3,(H,18,20). The largest absolute Gasteiger partial charge is 0.474 e. The zero-order valence-corrected chi connectivity index (χ0v) is 12.9. The number of carbonyl (C=O) groups excluding carboxylic acids is 1. The highest BCUT2D eigenvalue weighted by atomic mass is 16.5. The minimum atomic E-state index is 0.0501. The van der Waals surface area contributed by atoms with Crippen molar-refractivity contribution in [1.82, 2.24) is 15.2 Å². The number of aromatic nitrogens is 1. The number of hydrogen-bond donors (Lipinski definition) is 1. The summed E-state index contributed by atoms with van der Waals surface area (Å²) in [6.45, 7) is 5.50. The zero-order valence-electron chi connectivity index (χ0n) is 12.9. The number of nitrogens with zero attached hydrogens (tertiary/aromatic N) is 2. The molecule has 116 valence electrons. The van der Waals surface area contributed by atoms with Crippen molar-refractivity contribution in [3.05, 3.63) is 24.4 Å². The lowest BCUT2D eigenvalue weighted by Crippen LogP contribution is -2.46. The molecule has 0 spiro atoms. The first-order valence-electron chi connectivity index (χ1n) is 7.86. The summed E-state index contributed by atoms with van der Waals surface area (Å²) in [7, 11) is 0. The number of urea groups is 1. The van der Waals surface area contributed by atoms with E-state index in [1.165, 1.54) is 0 Å². The van der Waals surface area contributed by atoms with Crippen LogP contribution in [0.1, 0.15) is 39.5 Å². The van der Waals surface area contributed by atoms with Crippen molar-refractivity contribution in [2.45, 2.75) is 51.7 Å². The van der Waals surface area contributed by atoms with Crippen molar-refractivity contribution in [3.8, 4) is 5.88 Å². The van der Waals surface area contributed by atoms with Crippen LogP contribution in [0.3, 0.4) is 0 Å². The number of rotatable bonds is 5. The zero-order chi connectivity index (χ0) is 15.1. The van der Waals surface area contributed by atoms with E-state index in [-0.39, 0.29) is 18.2 Å². The first-order valence-corrected chi connectivity index (χ1v) is 7.86. The van der Waals surface area contributed by atoms with E-state index >= 15 is 0 Å². The summed E-state index contributed by atoms with van der Waals surface area (Å²) in [5.74, 6) is 0.688. The van der Waals surface area contributed by atoms with Gasteiger partial charge in [-0.25, -0.2) is 9.78 Å². The summed E-state index contributed by atoms with van der Waals surface area (Å²) in [5.41, 5.74) is 0. The summed E-state index contributed by atoms with van der Waals surface area (Å²) in [6.07, 6.45) is 5.79. The molecule has 2 amide bonds. The van der Waals surface area contributed by atoms with Crippen LogP contribution >= 0.6 is 0 Å². The number of pyridine rings is 1. The predicted octanol–water partition coefficient (Wildman–Crippen LogP) is 2.82. The normalized spacial score (nSPS) is 21.6. The van der Waals surface area contributed by atoms with E-state index in [1.54, 1.807) is 6.20 Å². The van der Waals surface area contributed by atoms with Gasteiger partial charge in [-0.3, -0.25) is 0 Å². The quantitative estimate of drug-likeness (QED) is 0.907. The molecule has 0 bridgehead atoms. The Hall–Kier alpha value is -1.78. The SMILES string of the molecule is CCN(CC)C(=O)NC1CCC(Oc2ccccn2)CC1. The number of nitrogens with one attached hydrogen (secondary N) is 1. The molecule has 1 aromatic heterocycles. The van der Waals surface area contributed by atoms with Gasteiger partial charge in [0, 0.05) is 31.4 Å². The molecule has 1 saturated carbocycles. The number of ether oxygens (including phenoxy) is 1. The molecule has 0 unspecified atom stereocenters. The second kappa shape index (κ2) is 7.86. The molecule has 5 nitrogen and oxygen atoms in total. The second-order valence-electron chi connectivity index (χ2n) is 5.38. The first-order chi connectivity index (χ1) is 10.2. The van der Waals surface area contributed by atoms with Crippen molar-refractivity contribution in [3.63, 3.8) is 0 Å².